The van der Waals surface area contributed by atoms with Crippen molar-refractivity contribution in [2.24, 2.45) is 0 Å². The van der Waals surface area contributed by atoms with Crippen molar-refractivity contribution in [1.82, 2.24) is 9.55 Å². The lowest BCUT2D eigenvalue weighted by Crippen LogP contribution is -2.15. The fraction of sp³-hybridized carbons (Fsp3) is 0.235. The van der Waals surface area contributed by atoms with Gasteiger partial charge in [-0.3, -0.25) is 0 Å². The monoisotopic (exact) mass is 295 g/mol. The molecule has 2 N–H and O–H groups in total. The highest BCUT2D eigenvalue weighted by atomic mass is 16.6. The van der Waals surface area contributed by atoms with Crippen LogP contribution in [0.3, 0.4) is 0 Å². The Morgan fingerprint density at radius 3 is 2.50 bits per heavy atom. The largest absolute Gasteiger partial charge is 0.486 e. The van der Waals surface area contributed by atoms with Crippen LogP contribution < -0.4 is 15.2 Å². The molecule has 112 valence electrons. The summed E-state index contributed by atoms with van der Waals surface area (Å²) in [5.74, 6) is 1.98. The first-order valence-electron chi connectivity index (χ1n) is 7.36. The smallest absolute Gasteiger partial charge is 0.201 e. The van der Waals surface area contributed by atoms with Crippen molar-refractivity contribution in [2.75, 3.05) is 18.9 Å². The molecule has 0 aliphatic carbocycles. The van der Waals surface area contributed by atoms with Gasteiger partial charge in [-0.25, -0.2) is 4.98 Å². The standard InChI is InChI=1S/C17H17N3O2/c1-11(12-5-3-2-4-6-12)20-14-10-16-15(21-7-8-22-16)9-13(14)19-17(20)18/h2-6,9-11H,7-8H2,1H3,(H2,18,19). The molecule has 0 radical (unpaired) electrons. The number of fused-ring (bicyclic) bond motifs is 2. The van der Waals surface area contributed by atoms with E-state index in [9.17, 15) is 0 Å². The summed E-state index contributed by atoms with van der Waals surface area (Å²) in [5, 5.41) is 0. The minimum Gasteiger partial charge on any atom is -0.486 e. The van der Waals surface area contributed by atoms with Gasteiger partial charge in [0, 0.05) is 12.1 Å². The van der Waals surface area contributed by atoms with Crippen LogP contribution in [0.2, 0.25) is 0 Å². The number of benzene rings is 2. The summed E-state index contributed by atoms with van der Waals surface area (Å²) in [6.45, 7) is 3.25. The second-order valence-corrected chi connectivity index (χ2v) is 5.41. The Kier molecular flexibility index (Phi) is 2.92. The minimum absolute atomic E-state index is 0.0914. The Labute approximate surface area is 128 Å². The Hall–Kier alpha value is -2.69. The fourth-order valence-corrected chi connectivity index (χ4v) is 2.94. The molecule has 0 amide bonds. The number of rotatable bonds is 2. The Balaban J connectivity index is 1.88. The van der Waals surface area contributed by atoms with Crippen molar-refractivity contribution in [2.45, 2.75) is 13.0 Å². The number of ether oxygens (including phenoxy) is 2. The molecule has 22 heavy (non-hydrogen) atoms. The SMILES string of the molecule is CC(c1ccccc1)n1c(N)nc2cc3c(cc21)OCCO3. The first-order chi connectivity index (χ1) is 10.7. The van der Waals surface area contributed by atoms with Gasteiger partial charge in [-0.1, -0.05) is 30.3 Å². The maximum atomic E-state index is 6.16. The fourth-order valence-electron chi connectivity index (χ4n) is 2.94. The third kappa shape index (κ3) is 1.97. The molecule has 4 rings (SSSR count). The first-order valence-corrected chi connectivity index (χ1v) is 7.36. The molecule has 0 saturated carbocycles. The molecule has 1 aromatic heterocycles. The lowest BCUT2D eigenvalue weighted by atomic mass is 10.1. The van der Waals surface area contributed by atoms with Crippen LogP contribution >= 0.6 is 0 Å². The topological polar surface area (TPSA) is 62.3 Å². The molecule has 0 saturated heterocycles. The lowest BCUT2D eigenvalue weighted by Gasteiger charge is -2.20. The summed E-state index contributed by atoms with van der Waals surface area (Å²) in [4.78, 5) is 4.47. The highest BCUT2D eigenvalue weighted by molar-refractivity contribution is 5.83. The number of nitrogens with zero attached hydrogens (tertiary/aromatic N) is 2. The second-order valence-electron chi connectivity index (χ2n) is 5.41. The highest BCUT2D eigenvalue weighted by Crippen LogP contribution is 2.37. The summed E-state index contributed by atoms with van der Waals surface area (Å²) in [7, 11) is 0. The van der Waals surface area contributed by atoms with Crippen molar-refractivity contribution in [3.63, 3.8) is 0 Å². The molecule has 5 nitrogen and oxygen atoms in total. The van der Waals surface area contributed by atoms with Crippen molar-refractivity contribution in [3.8, 4) is 11.5 Å². The van der Waals surface area contributed by atoms with Gasteiger partial charge < -0.3 is 19.8 Å². The number of nitrogens with two attached hydrogens (primary N) is 1. The van der Waals surface area contributed by atoms with E-state index in [0.717, 1.165) is 22.5 Å². The maximum absolute atomic E-state index is 6.16. The van der Waals surface area contributed by atoms with E-state index in [1.807, 2.05) is 34.9 Å². The third-order valence-corrected chi connectivity index (χ3v) is 4.05. The number of hydrogen-bond acceptors (Lipinski definition) is 4. The predicted molar refractivity (Wildman–Crippen MR) is 85.4 cm³/mol. The highest BCUT2D eigenvalue weighted by Gasteiger charge is 2.20. The van der Waals surface area contributed by atoms with Crippen LogP contribution in [0.25, 0.3) is 11.0 Å². The van der Waals surface area contributed by atoms with E-state index in [4.69, 9.17) is 15.2 Å². The van der Waals surface area contributed by atoms with Gasteiger partial charge >= 0.3 is 0 Å². The van der Waals surface area contributed by atoms with Crippen LogP contribution in [0.15, 0.2) is 42.5 Å². The molecule has 1 unspecified atom stereocenters. The van der Waals surface area contributed by atoms with E-state index in [1.54, 1.807) is 0 Å². The molecule has 1 aliphatic heterocycles. The number of hydrogen-bond donors (Lipinski definition) is 1. The van der Waals surface area contributed by atoms with Gasteiger partial charge in [-0.15, -0.1) is 0 Å². The van der Waals surface area contributed by atoms with Gasteiger partial charge in [0.15, 0.2) is 11.5 Å². The second kappa shape index (κ2) is 4.94. The van der Waals surface area contributed by atoms with Gasteiger partial charge in [0.1, 0.15) is 13.2 Å². The summed E-state index contributed by atoms with van der Waals surface area (Å²) in [6, 6.07) is 14.2. The average Bonchev–Trinajstić information content (AvgIpc) is 2.87. The van der Waals surface area contributed by atoms with Gasteiger partial charge in [0.25, 0.3) is 0 Å². The van der Waals surface area contributed by atoms with Crippen LogP contribution in [0.5, 0.6) is 11.5 Å². The summed E-state index contributed by atoms with van der Waals surface area (Å²) < 4.78 is 13.3. The van der Waals surface area contributed by atoms with Crippen LogP contribution in [-0.2, 0) is 0 Å². The molecule has 1 aliphatic rings. The molecular weight excluding hydrogens is 278 g/mol. The van der Waals surface area contributed by atoms with E-state index in [-0.39, 0.29) is 6.04 Å². The van der Waals surface area contributed by atoms with Gasteiger partial charge in [-0.2, -0.15) is 0 Å². The zero-order chi connectivity index (χ0) is 15.1. The molecule has 1 atom stereocenters. The van der Waals surface area contributed by atoms with Crippen LogP contribution in [0.4, 0.5) is 5.95 Å². The number of imidazole rings is 1. The zero-order valence-electron chi connectivity index (χ0n) is 12.3. The molecule has 0 bridgehead atoms. The zero-order valence-corrected chi connectivity index (χ0v) is 12.3. The van der Waals surface area contributed by atoms with Crippen molar-refractivity contribution in [3.05, 3.63) is 48.0 Å². The van der Waals surface area contributed by atoms with Crippen LogP contribution in [0.1, 0.15) is 18.5 Å². The van der Waals surface area contributed by atoms with Crippen molar-refractivity contribution in [1.29, 1.82) is 0 Å². The lowest BCUT2D eigenvalue weighted by molar-refractivity contribution is 0.172. The molecule has 5 heteroatoms. The van der Waals surface area contributed by atoms with Crippen molar-refractivity contribution >= 4 is 17.0 Å². The van der Waals surface area contributed by atoms with E-state index in [1.165, 1.54) is 5.56 Å². The van der Waals surface area contributed by atoms with Crippen LogP contribution in [0, 0.1) is 0 Å². The maximum Gasteiger partial charge on any atom is 0.201 e. The molecular formula is C17H17N3O2. The van der Waals surface area contributed by atoms with Crippen molar-refractivity contribution < 1.29 is 9.47 Å². The number of nitrogen functional groups attached to an aromatic ring is 1. The Morgan fingerprint density at radius 2 is 1.77 bits per heavy atom. The summed E-state index contributed by atoms with van der Waals surface area (Å²) in [5.41, 5.74) is 9.12. The number of aromatic nitrogens is 2. The molecule has 2 aromatic carbocycles. The molecule has 2 heterocycles. The van der Waals surface area contributed by atoms with Gasteiger partial charge in [-0.05, 0) is 12.5 Å². The first kappa shape index (κ1) is 13.0. The van der Waals surface area contributed by atoms with Gasteiger partial charge in [0.2, 0.25) is 5.95 Å². The van der Waals surface area contributed by atoms with Crippen LogP contribution in [-0.4, -0.2) is 22.8 Å². The van der Waals surface area contributed by atoms with E-state index in [2.05, 4.69) is 24.0 Å². The predicted octanol–water partition coefficient (Wildman–Crippen LogP) is 3.00. The Bertz CT molecular complexity index is 827. The molecule has 0 fully saturated rings. The third-order valence-electron chi connectivity index (χ3n) is 4.05. The molecule has 0 spiro atoms. The van der Waals surface area contributed by atoms with E-state index < -0.39 is 0 Å². The van der Waals surface area contributed by atoms with E-state index >= 15 is 0 Å². The average molecular weight is 295 g/mol. The minimum atomic E-state index is 0.0914. The normalized spacial score (nSPS) is 15.0. The molecule has 3 aromatic rings. The van der Waals surface area contributed by atoms with E-state index in [0.29, 0.717) is 19.2 Å². The van der Waals surface area contributed by atoms with Gasteiger partial charge in [0.05, 0.1) is 17.1 Å². The quantitative estimate of drug-likeness (QED) is 0.789. The summed E-state index contributed by atoms with van der Waals surface area (Å²) >= 11 is 0. The number of anilines is 1. The Morgan fingerprint density at radius 1 is 1.09 bits per heavy atom. The summed E-state index contributed by atoms with van der Waals surface area (Å²) in [6.07, 6.45) is 0.